The summed E-state index contributed by atoms with van der Waals surface area (Å²) in [5, 5.41) is 3.43. The zero-order chi connectivity index (χ0) is 19.2. The Kier molecular flexibility index (Phi) is 6.83. The van der Waals surface area contributed by atoms with Crippen molar-refractivity contribution in [3.63, 3.8) is 0 Å². The van der Waals surface area contributed by atoms with Gasteiger partial charge in [-0.15, -0.1) is 0 Å². The number of likely N-dealkylation sites (tertiary alicyclic amines) is 1. The molecular formula is C21H33N3O3. The Morgan fingerprint density at radius 3 is 2.96 bits per heavy atom. The number of methoxy groups -OCH3 is 1. The molecule has 0 aromatic heterocycles. The highest BCUT2D eigenvalue weighted by atomic mass is 16.5. The predicted molar refractivity (Wildman–Crippen MR) is 108 cm³/mol. The Bertz CT molecular complexity index is 662. The topological polar surface area (TPSA) is 55.3 Å². The first-order valence-electron chi connectivity index (χ1n) is 10.1. The molecule has 2 heterocycles. The molecule has 2 aliphatic rings. The molecule has 0 aliphatic carbocycles. The van der Waals surface area contributed by atoms with Gasteiger partial charge in [0.2, 0.25) is 0 Å². The molecule has 2 unspecified atom stereocenters. The minimum atomic E-state index is 0.230. The Morgan fingerprint density at radius 2 is 2.22 bits per heavy atom. The highest BCUT2D eigenvalue weighted by Crippen LogP contribution is 2.35. The highest BCUT2D eigenvalue weighted by Gasteiger charge is 2.25. The van der Waals surface area contributed by atoms with Crippen LogP contribution >= 0.6 is 0 Å². The summed E-state index contributed by atoms with van der Waals surface area (Å²) in [6.45, 7) is 11.1. The number of nitrogens with zero attached hydrogens (tertiary/aromatic N) is 2. The minimum absolute atomic E-state index is 0.230. The summed E-state index contributed by atoms with van der Waals surface area (Å²) in [7, 11) is 1.77. The molecule has 1 N–H and O–H groups in total. The molecule has 3 rings (SSSR count). The van der Waals surface area contributed by atoms with Crippen LogP contribution in [0.2, 0.25) is 0 Å². The van der Waals surface area contributed by atoms with Gasteiger partial charge in [-0.1, -0.05) is 0 Å². The standard InChI is InChI=1S/C21H33N3O3/c1-5-22-21(24-8-7-16(13-24)14-25-4)23-12-18-11-20-17(9-15(3)27-20)10-19(18)26-6-2/h10-11,15-16H,5-9,12-14H2,1-4H3,(H,22,23). The largest absolute Gasteiger partial charge is 0.494 e. The lowest BCUT2D eigenvalue weighted by Gasteiger charge is -2.22. The first-order chi connectivity index (χ1) is 13.1. The molecule has 6 nitrogen and oxygen atoms in total. The zero-order valence-electron chi connectivity index (χ0n) is 17.1. The van der Waals surface area contributed by atoms with E-state index < -0.39 is 0 Å². The van der Waals surface area contributed by atoms with E-state index in [9.17, 15) is 0 Å². The maximum Gasteiger partial charge on any atom is 0.194 e. The van der Waals surface area contributed by atoms with Gasteiger partial charge >= 0.3 is 0 Å². The minimum Gasteiger partial charge on any atom is -0.494 e. The zero-order valence-corrected chi connectivity index (χ0v) is 17.1. The van der Waals surface area contributed by atoms with E-state index in [1.54, 1.807) is 7.11 Å². The van der Waals surface area contributed by atoms with Crippen LogP contribution < -0.4 is 14.8 Å². The van der Waals surface area contributed by atoms with Gasteiger partial charge in [-0.2, -0.15) is 0 Å². The average molecular weight is 376 g/mol. The van der Waals surface area contributed by atoms with E-state index in [0.29, 0.717) is 19.1 Å². The van der Waals surface area contributed by atoms with Gasteiger partial charge in [0.25, 0.3) is 0 Å². The number of benzene rings is 1. The Hall–Kier alpha value is -1.95. The maximum atomic E-state index is 5.93. The van der Waals surface area contributed by atoms with Crippen LogP contribution in [0.25, 0.3) is 0 Å². The second kappa shape index (κ2) is 9.31. The van der Waals surface area contributed by atoms with E-state index in [2.05, 4.69) is 36.2 Å². The van der Waals surface area contributed by atoms with Crippen molar-refractivity contribution >= 4 is 5.96 Å². The SMILES string of the molecule is CCNC(=NCc1cc2c(cc1OCC)CC(C)O2)N1CCC(COC)C1. The van der Waals surface area contributed by atoms with Gasteiger partial charge in [0.1, 0.15) is 17.6 Å². The molecule has 150 valence electrons. The first-order valence-corrected chi connectivity index (χ1v) is 10.1. The smallest absolute Gasteiger partial charge is 0.194 e. The normalized spacial score (nSPS) is 21.9. The van der Waals surface area contributed by atoms with Gasteiger partial charge < -0.3 is 24.4 Å². The molecule has 0 radical (unpaired) electrons. The van der Waals surface area contributed by atoms with Crippen LogP contribution in [0.15, 0.2) is 17.1 Å². The Balaban J connectivity index is 1.76. The summed E-state index contributed by atoms with van der Waals surface area (Å²) in [6.07, 6.45) is 2.32. The van der Waals surface area contributed by atoms with E-state index in [-0.39, 0.29) is 6.10 Å². The number of rotatable bonds is 7. The van der Waals surface area contributed by atoms with Crippen molar-refractivity contribution in [1.29, 1.82) is 0 Å². The maximum absolute atomic E-state index is 5.93. The molecule has 1 aromatic carbocycles. The third-order valence-electron chi connectivity index (χ3n) is 5.10. The molecule has 0 amide bonds. The lowest BCUT2D eigenvalue weighted by atomic mass is 10.1. The molecule has 0 saturated carbocycles. The molecule has 2 atom stereocenters. The van der Waals surface area contributed by atoms with Crippen molar-refractivity contribution in [2.75, 3.05) is 40.0 Å². The molecule has 27 heavy (non-hydrogen) atoms. The summed E-state index contributed by atoms with van der Waals surface area (Å²) in [5.41, 5.74) is 2.31. The lowest BCUT2D eigenvalue weighted by molar-refractivity contribution is 0.157. The van der Waals surface area contributed by atoms with Crippen molar-refractivity contribution in [2.45, 2.75) is 46.3 Å². The van der Waals surface area contributed by atoms with Gasteiger partial charge in [-0.25, -0.2) is 4.99 Å². The number of hydrogen-bond donors (Lipinski definition) is 1. The van der Waals surface area contributed by atoms with Crippen molar-refractivity contribution in [1.82, 2.24) is 10.2 Å². The monoisotopic (exact) mass is 375 g/mol. The Morgan fingerprint density at radius 1 is 1.37 bits per heavy atom. The fourth-order valence-electron chi connectivity index (χ4n) is 3.88. The third-order valence-corrected chi connectivity index (χ3v) is 5.10. The molecule has 1 saturated heterocycles. The fourth-order valence-corrected chi connectivity index (χ4v) is 3.88. The van der Waals surface area contributed by atoms with Gasteiger partial charge in [0.15, 0.2) is 5.96 Å². The summed E-state index contributed by atoms with van der Waals surface area (Å²) in [5.74, 6) is 3.44. The number of ether oxygens (including phenoxy) is 3. The Labute approximate surface area is 162 Å². The third kappa shape index (κ3) is 4.86. The van der Waals surface area contributed by atoms with Crippen LogP contribution in [-0.4, -0.2) is 56.9 Å². The van der Waals surface area contributed by atoms with E-state index in [0.717, 1.165) is 62.1 Å². The quantitative estimate of drug-likeness (QED) is 0.587. The van der Waals surface area contributed by atoms with Crippen LogP contribution in [0.1, 0.15) is 38.3 Å². The molecule has 2 aliphatic heterocycles. The van der Waals surface area contributed by atoms with Gasteiger partial charge in [-0.05, 0) is 39.3 Å². The number of guanidine groups is 1. The molecular weight excluding hydrogens is 342 g/mol. The lowest BCUT2D eigenvalue weighted by Crippen LogP contribution is -2.40. The van der Waals surface area contributed by atoms with E-state index >= 15 is 0 Å². The summed E-state index contributed by atoms with van der Waals surface area (Å²) in [4.78, 5) is 7.24. The average Bonchev–Trinajstić information content (AvgIpc) is 3.24. The van der Waals surface area contributed by atoms with E-state index in [1.807, 2.05) is 6.92 Å². The van der Waals surface area contributed by atoms with Crippen molar-refractivity contribution < 1.29 is 14.2 Å². The molecule has 0 spiro atoms. The molecule has 6 heteroatoms. The number of fused-ring (bicyclic) bond motifs is 1. The van der Waals surface area contributed by atoms with Crippen LogP contribution in [0.3, 0.4) is 0 Å². The van der Waals surface area contributed by atoms with Crippen LogP contribution in [0, 0.1) is 5.92 Å². The van der Waals surface area contributed by atoms with Gasteiger partial charge in [0.05, 0.1) is 19.8 Å². The van der Waals surface area contributed by atoms with Gasteiger partial charge in [-0.3, -0.25) is 0 Å². The summed E-state index contributed by atoms with van der Waals surface area (Å²) >= 11 is 0. The van der Waals surface area contributed by atoms with Crippen molar-refractivity contribution in [3.8, 4) is 11.5 Å². The van der Waals surface area contributed by atoms with E-state index in [1.165, 1.54) is 5.56 Å². The van der Waals surface area contributed by atoms with Crippen molar-refractivity contribution in [2.24, 2.45) is 10.9 Å². The molecule has 1 aromatic rings. The molecule has 1 fully saturated rings. The summed E-state index contributed by atoms with van der Waals surface area (Å²) < 4.78 is 17.1. The second-order valence-electron chi connectivity index (χ2n) is 7.36. The first kappa shape index (κ1) is 19.8. The van der Waals surface area contributed by atoms with Crippen molar-refractivity contribution in [3.05, 3.63) is 23.3 Å². The van der Waals surface area contributed by atoms with Crippen LogP contribution in [0.4, 0.5) is 0 Å². The predicted octanol–water partition coefficient (Wildman–Crippen LogP) is 2.84. The van der Waals surface area contributed by atoms with E-state index in [4.69, 9.17) is 19.2 Å². The number of nitrogens with one attached hydrogen (secondary N) is 1. The summed E-state index contributed by atoms with van der Waals surface area (Å²) in [6, 6.07) is 4.24. The highest BCUT2D eigenvalue weighted by molar-refractivity contribution is 5.80. The van der Waals surface area contributed by atoms with Crippen LogP contribution in [-0.2, 0) is 17.7 Å². The molecule has 0 bridgehead atoms. The second-order valence-corrected chi connectivity index (χ2v) is 7.36. The number of hydrogen-bond acceptors (Lipinski definition) is 4. The fraction of sp³-hybridized carbons (Fsp3) is 0.667. The van der Waals surface area contributed by atoms with Gasteiger partial charge in [0, 0.05) is 50.2 Å². The van der Waals surface area contributed by atoms with Crippen LogP contribution in [0.5, 0.6) is 11.5 Å². The number of aliphatic imine (C=N–C) groups is 1.